The maximum Gasteiger partial charge on any atom is 0.0971 e. The zero-order valence-corrected chi connectivity index (χ0v) is 9.72. The number of rotatable bonds is 2. The summed E-state index contributed by atoms with van der Waals surface area (Å²) < 4.78 is 0. The summed E-state index contributed by atoms with van der Waals surface area (Å²) in [6.45, 7) is 0.948. The van der Waals surface area contributed by atoms with Gasteiger partial charge in [0, 0.05) is 21.7 Å². The van der Waals surface area contributed by atoms with Crippen LogP contribution in [-0.2, 0) is 0 Å². The summed E-state index contributed by atoms with van der Waals surface area (Å²) in [5, 5.41) is 14.5. The molecule has 2 rings (SSSR count). The molecule has 2 unspecified atom stereocenters. The summed E-state index contributed by atoms with van der Waals surface area (Å²) in [7, 11) is 0. The number of nitrogens with one attached hydrogen (secondary N) is 1. The van der Waals surface area contributed by atoms with Gasteiger partial charge in [0.1, 0.15) is 0 Å². The second kappa shape index (κ2) is 4.71. The molecular formula is C11H13Cl2NO. The summed E-state index contributed by atoms with van der Waals surface area (Å²) >= 11 is 12.1. The van der Waals surface area contributed by atoms with Gasteiger partial charge in [-0.15, -0.1) is 0 Å². The van der Waals surface area contributed by atoms with E-state index in [1.54, 1.807) is 18.2 Å². The van der Waals surface area contributed by atoms with Crippen LogP contribution in [0.5, 0.6) is 0 Å². The predicted octanol–water partition coefficient (Wildman–Crippen LogP) is 2.78. The number of aliphatic hydroxyl groups is 1. The van der Waals surface area contributed by atoms with Gasteiger partial charge >= 0.3 is 0 Å². The summed E-state index contributed by atoms with van der Waals surface area (Å²) in [4.78, 5) is 0. The van der Waals surface area contributed by atoms with E-state index < -0.39 is 6.10 Å². The molecule has 0 bridgehead atoms. The van der Waals surface area contributed by atoms with Crippen molar-refractivity contribution >= 4 is 23.2 Å². The lowest BCUT2D eigenvalue weighted by Gasteiger charge is -2.20. The lowest BCUT2D eigenvalue weighted by molar-refractivity contribution is 0.137. The Balaban J connectivity index is 2.27. The molecule has 1 saturated heterocycles. The van der Waals surface area contributed by atoms with Crippen LogP contribution in [0.25, 0.3) is 0 Å². The molecule has 0 amide bonds. The van der Waals surface area contributed by atoms with Gasteiger partial charge in [-0.05, 0) is 31.5 Å². The highest BCUT2D eigenvalue weighted by atomic mass is 35.5. The van der Waals surface area contributed by atoms with Crippen molar-refractivity contribution in [3.63, 3.8) is 0 Å². The van der Waals surface area contributed by atoms with Gasteiger partial charge in [0.2, 0.25) is 0 Å². The molecule has 1 aliphatic heterocycles. The van der Waals surface area contributed by atoms with Crippen molar-refractivity contribution in [1.29, 1.82) is 0 Å². The molecule has 1 aromatic carbocycles. The number of halogens is 2. The van der Waals surface area contributed by atoms with Crippen LogP contribution in [-0.4, -0.2) is 17.7 Å². The van der Waals surface area contributed by atoms with Gasteiger partial charge in [-0.3, -0.25) is 0 Å². The Labute approximate surface area is 99.2 Å². The van der Waals surface area contributed by atoms with E-state index in [2.05, 4.69) is 5.32 Å². The second-order valence-electron chi connectivity index (χ2n) is 3.78. The van der Waals surface area contributed by atoms with Gasteiger partial charge in [-0.25, -0.2) is 0 Å². The monoisotopic (exact) mass is 245 g/mol. The van der Waals surface area contributed by atoms with E-state index in [-0.39, 0.29) is 6.04 Å². The van der Waals surface area contributed by atoms with Crippen molar-refractivity contribution in [1.82, 2.24) is 5.32 Å². The van der Waals surface area contributed by atoms with Gasteiger partial charge in [-0.1, -0.05) is 29.3 Å². The minimum absolute atomic E-state index is 0.0717. The van der Waals surface area contributed by atoms with Crippen LogP contribution in [0.4, 0.5) is 0 Å². The van der Waals surface area contributed by atoms with Crippen LogP contribution in [0, 0.1) is 0 Å². The second-order valence-corrected chi connectivity index (χ2v) is 4.60. The van der Waals surface area contributed by atoms with E-state index in [1.165, 1.54) is 0 Å². The Bertz CT molecular complexity index is 330. The number of benzene rings is 1. The molecule has 2 nitrogen and oxygen atoms in total. The van der Waals surface area contributed by atoms with E-state index in [0.717, 1.165) is 19.4 Å². The smallest absolute Gasteiger partial charge is 0.0971 e. The lowest BCUT2D eigenvalue weighted by atomic mass is 10.0. The van der Waals surface area contributed by atoms with E-state index >= 15 is 0 Å². The van der Waals surface area contributed by atoms with Crippen LogP contribution >= 0.6 is 23.2 Å². The van der Waals surface area contributed by atoms with Crippen molar-refractivity contribution in [2.75, 3.05) is 6.54 Å². The average molecular weight is 246 g/mol. The van der Waals surface area contributed by atoms with E-state index in [9.17, 15) is 5.11 Å². The van der Waals surface area contributed by atoms with Gasteiger partial charge in [-0.2, -0.15) is 0 Å². The summed E-state index contributed by atoms with van der Waals surface area (Å²) in [6.07, 6.45) is 1.43. The molecule has 1 fully saturated rings. The van der Waals surface area contributed by atoms with E-state index in [0.29, 0.717) is 15.6 Å². The Morgan fingerprint density at radius 1 is 1.33 bits per heavy atom. The van der Waals surface area contributed by atoms with Crippen molar-refractivity contribution in [2.45, 2.75) is 25.0 Å². The Kier molecular flexibility index (Phi) is 3.52. The minimum atomic E-state index is -0.617. The molecule has 1 aromatic rings. The quantitative estimate of drug-likeness (QED) is 0.840. The predicted molar refractivity (Wildman–Crippen MR) is 62.4 cm³/mol. The third-order valence-corrected chi connectivity index (χ3v) is 3.43. The fourth-order valence-electron chi connectivity index (χ4n) is 1.98. The summed E-state index contributed by atoms with van der Waals surface area (Å²) in [5.41, 5.74) is 0.639. The van der Waals surface area contributed by atoms with Crippen LogP contribution in [0.3, 0.4) is 0 Å². The highest BCUT2D eigenvalue weighted by molar-refractivity contribution is 6.36. The highest BCUT2D eigenvalue weighted by Gasteiger charge is 2.26. The standard InChI is InChI=1S/C11H13Cl2NO/c12-7-3-1-4-8(13)10(7)11(15)9-5-2-6-14-9/h1,3-4,9,11,14-15H,2,5-6H2. The first-order chi connectivity index (χ1) is 7.20. The van der Waals surface area contributed by atoms with E-state index in [4.69, 9.17) is 23.2 Å². The van der Waals surface area contributed by atoms with Crippen molar-refractivity contribution in [3.8, 4) is 0 Å². The molecule has 2 N–H and O–H groups in total. The molecule has 2 atom stereocenters. The molecule has 0 saturated carbocycles. The first kappa shape index (κ1) is 11.2. The number of aliphatic hydroxyl groups excluding tert-OH is 1. The largest absolute Gasteiger partial charge is 0.387 e. The van der Waals surface area contributed by atoms with Gasteiger partial charge in [0.25, 0.3) is 0 Å². The number of hydrogen-bond donors (Lipinski definition) is 2. The molecule has 0 aromatic heterocycles. The first-order valence-corrected chi connectivity index (χ1v) is 5.81. The van der Waals surface area contributed by atoms with Gasteiger partial charge < -0.3 is 10.4 Å². The molecule has 1 heterocycles. The normalized spacial score (nSPS) is 23.0. The van der Waals surface area contributed by atoms with Crippen LogP contribution in [0.2, 0.25) is 10.0 Å². The molecule has 0 aliphatic carbocycles. The lowest BCUT2D eigenvalue weighted by Crippen LogP contribution is -2.29. The van der Waals surface area contributed by atoms with Crippen molar-refractivity contribution in [3.05, 3.63) is 33.8 Å². The number of hydrogen-bond acceptors (Lipinski definition) is 2. The highest BCUT2D eigenvalue weighted by Crippen LogP contribution is 2.33. The molecule has 1 aliphatic rings. The van der Waals surface area contributed by atoms with Crippen LogP contribution in [0.15, 0.2) is 18.2 Å². The molecule has 15 heavy (non-hydrogen) atoms. The topological polar surface area (TPSA) is 32.3 Å². The fraction of sp³-hybridized carbons (Fsp3) is 0.455. The maximum atomic E-state index is 10.2. The van der Waals surface area contributed by atoms with E-state index in [1.807, 2.05) is 0 Å². The van der Waals surface area contributed by atoms with Crippen molar-refractivity contribution < 1.29 is 5.11 Å². The molecule has 0 radical (unpaired) electrons. The zero-order valence-electron chi connectivity index (χ0n) is 8.21. The first-order valence-electron chi connectivity index (χ1n) is 5.05. The molecular weight excluding hydrogens is 233 g/mol. The maximum absolute atomic E-state index is 10.2. The molecule has 82 valence electrons. The SMILES string of the molecule is OC(c1c(Cl)cccc1Cl)C1CCCN1. The van der Waals surface area contributed by atoms with Crippen LogP contribution in [0.1, 0.15) is 24.5 Å². The molecule has 4 heteroatoms. The zero-order chi connectivity index (χ0) is 10.8. The Morgan fingerprint density at radius 3 is 2.53 bits per heavy atom. The average Bonchev–Trinajstić information content (AvgIpc) is 2.69. The third-order valence-electron chi connectivity index (χ3n) is 2.78. The van der Waals surface area contributed by atoms with Crippen LogP contribution < -0.4 is 5.32 Å². The van der Waals surface area contributed by atoms with Crippen molar-refractivity contribution in [2.24, 2.45) is 0 Å². The molecule has 0 spiro atoms. The summed E-state index contributed by atoms with van der Waals surface area (Å²) in [6, 6.07) is 5.35. The van der Waals surface area contributed by atoms with Gasteiger partial charge in [0.05, 0.1) is 6.10 Å². The Hall–Kier alpha value is -0.280. The third kappa shape index (κ3) is 2.28. The summed E-state index contributed by atoms with van der Waals surface area (Å²) in [5.74, 6) is 0. The fourth-order valence-corrected chi connectivity index (χ4v) is 2.60. The minimum Gasteiger partial charge on any atom is -0.387 e. The van der Waals surface area contributed by atoms with Gasteiger partial charge in [0.15, 0.2) is 0 Å². The Morgan fingerprint density at radius 2 is 2.00 bits per heavy atom.